The first-order chi connectivity index (χ1) is 10.7. The summed E-state index contributed by atoms with van der Waals surface area (Å²) in [5.41, 5.74) is 1.21. The molecular weight excluding hydrogens is 296 g/mol. The first-order valence-electron chi connectivity index (χ1n) is 8.48. The van der Waals surface area contributed by atoms with Crippen LogP contribution < -0.4 is 0 Å². The van der Waals surface area contributed by atoms with Gasteiger partial charge in [0.05, 0.1) is 6.61 Å². The van der Waals surface area contributed by atoms with Crippen molar-refractivity contribution < 1.29 is 9.53 Å². The third-order valence-electron chi connectivity index (χ3n) is 6.16. The molecule has 2 nitrogen and oxygen atoms in total. The van der Waals surface area contributed by atoms with Crippen LogP contribution >= 0.6 is 11.6 Å². The summed E-state index contributed by atoms with van der Waals surface area (Å²) >= 11 is 5.92. The molecule has 1 unspecified atom stereocenters. The molecule has 0 N–H and O–H groups in total. The summed E-state index contributed by atoms with van der Waals surface area (Å²) in [4.78, 5) is 11.7. The fraction of sp³-hybridized carbons (Fsp3) is 0.632. The second kappa shape index (κ2) is 5.65. The maximum Gasteiger partial charge on any atom is 0.149 e. The van der Waals surface area contributed by atoms with Crippen molar-refractivity contribution in [1.29, 1.82) is 0 Å². The molecule has 0 heterocycles. The van der Waals surface area contributed by atoms with Gasteiger partial charge in [-0.05, 0) is 74.0 Å². The molecule has 118 valence electrons. The van der Waals surface area contributed by atoms with Crippen LogP contribution in [0.4, 0.5) is 0 Å². The van der Waals surface area contributed by atoms with Crippen LogP contribution in [0.3, 0.4) is 0 Å². The lowest BCUT2D eigenvalue weighted by atomic mass is 9.48. The zero-order valence-corrected chi connectivity index (χ0v) is 13.6. The molecule has 4 bridgehead atoms. The van der Waals surface area contributed by atoms with Crippen molar-refractivity contribution in [3.05, 3.63) is 34.9 Å². The molecule has 0 spiro atoms. The van der Waals surface area contributed by atoms with E-state index in [4.69, 9.17) is 16.3 Å². The minimum absolute atomic E-state index is 0.128. The van der Waals surface area contributed by atoms with E-state index in [1.165, 1.54) is 38.5 Å². The minimum Gasteiger partial charge on any atom is -0.365 e. The Morgan fingerprint density at radius 2 is 1.64 bits per heavy atom. The molecule has 0 saturated heterocycles. The number of rotatable bonds is 5. The van der Waals surface area contributed by atoms with Crippen LogP contribution in [0.1, 0.15) is 44.1 Å². The molecule has 1 aromatic carbocycles. The van der Waals surface area contributed by atoms with E-state index in [1.54, 1.807) is 0 Å². The first kappa shape index (κ1) is 14.7. The highest BCUT2D eigenvalue weighted by atomic mass is 35.5. The van der Waals surface area contributed by atoms with Crippen LogP contribution in [0.5, 0.6) is 0 Å². The minimum atomic E-state index is -0.239. The monoisotopic (exact) mass is 318 g/mol. The number of carbonyl (C=O) groups excluding carboxylic acids is 1. The Bertz CT molecular complexity index is 516. The smallest absolute Gasteiger partial charge is 0.149 e. The summed E-state index contributed by atoms with van der Waals surface area (Å²) in [7, 11) is 0. The van der Waals surface area contributed by atoms with Crippen molar-refractivity contribution in [2.75, 3.05) is 0 Å². The SMILES string of the molecule is O=CC(OCc1ccc(Cl)cc1)C12CC3CC(CC(C3)C1)C2. The lowest BCUT2D eigenvalue weighted by Crippen LogP contribution is -2.52. The Hall–Kier alpha value is -0.860. The topological polar surface area (TPSA) is 26.3 Å². The molecule has 4 aliphatic rings. The Morgan fingerprint density at radius 3 is 2.14 bits per heavy atom. The van der Waals surface area contributed by atoms with Crippen molar-refractivity contribution in [2.24, 2.45) is 23.2 Å². The van der Waals surface area contributed by atoms with Crippen molar-refractivity contribution in [3.63, 3.8) is 0 Å². The van der Waals surface area contributed by atoms with Crippen LogP contribution in [0.2, 0.25) is 5.02 Å². The molecule has 0 radical (unpaired) electrons. The summed E-state index contributed by atoms with van der Waals surface area (Å²) in [5, 5.41) is 0.733. The number of hydrogen-bond donors (Lipinski definition) is 0. The Labute approximate surface area is 137 Å². The van der Waals surface area contributed by atoms with E-state index in [-0.39, 0.29) is 11.5 Å². The molecule has 22 heavy (non-hydrogen) atoms. The van der Waals surface area contributed by atoms with Gasteiger partial charge in [0, 0.05) is 10.4 Å². The largest absolute Gasteiger partial charge is 0.365 e. The molecule has 4 aliphatic carbocycles. The number of benzene rings is 1. The second-order valence-electron chi connectivity index (χ2n) is 7.77. The molecule has 0 amide bonds. The third-order valence-corrected chi connectivity index (χ3v) is 6.41. The number of aldehydes is 1. The zero-order chi connectivity index (χ0) is 15.2. The molecule has 3 heteroatoms. The zero-order valence-electron chi connectivity index (χ0n) is 12.8. The summed E-state index contributed by atoms with van der Waals surface area (Å²) < 4.78 is 6.09. The van der Waals surface area contributed by atoms with Crippen LogP contribution in [0.15, 0.2) is 24.3 Å². The van der Waals surface area contributed by atoms with Crippen molar-refractivity contribution >= 4 is 17.9 Å². The van der Waals surface area contributed by atoms with Crippen LogP contribution in [0.25, 0.3) is 0 Å². The summed E-state index contributed by atoms with van der Waals surface area (Å²) in [6.07, 6.45) is 8.60. The summed E-state index contributed by atoms with van der Waals surface area (Å²) in [6.45, 7) is 0.502. The molecule has 0 aliphatic heterocycles. The average molecular weight is 319 g/mol. The van der Waals surface area contributed by atoms with E-state index in [9.17, 15) is 4.79 Å². The predicted molar refractivity (Wildman–Crippen MR) is 86.7 cm³/mol. The number of halogens is 1. The molecule has 0 aromatic heterocycles. The quantitative estimate of drug-likeness (QED) is 0.739. The maximum absolute atomic E-state index is 11.7. The number of hydrogen-bond acceptors (Lipinski definition) is 2. The molecule has 1 atom stereocenters. The van der Waals surface area contributed by atoms with Gasteiger partial charge < -0.3 is 9.53 Å². The van der Waals surface area contributed by atoms with E-state index in [0.717, 1.165) is 34.6 Å². The standard InChI is InChI=1S/C19H23ClO2/c20-17-3-1-13(2-4-17)12-22-18(11-21)19-8-14-5-15(9-19)7-16(6-14)10-19/h1-4,11,14-16,18H,5-10,12H2. The van der Waals surface area contributed by atoms with Crippen LogP contribution in [0, 0.1) is 23.2 Å². The number of ether oxygens (including phenoxy) is 1. The van der Waals surface area contributed by atoms with Crippen molar-refractivity contribution in [2.45, 2.75) is 51.2 Å². The van der Waals surface area contributed by atoms with Gasteiger partial charge in [-0.2, -0.15) is 0 Å². The van der Waals surface area contributed by atoms with Crippen molar-refractivity contribution in [3.8, 4) is 0 Å². The molecule has 4 saturated carbocycles. The van der Waals surface area contributed by atoms with Gasteiger partial charge in [0.1, 0.15) is 12.4 Å². The van der Waals surface area contributed by atoms with Gasteiger partial charge in [-0.25, -0.2) is 0 Å². The van der Waals surface area contributed by atoms with Gasteiger partial charge in [-0.1, -0.05) is 23.7 Å². The Balaban J connectivity index is 1.47. The highest BCUT2D eigenvalue weighted by Gasteiger charge is 2.54. The number of carbonyl (C=O) groups is 1. The fourth-order valence-electron chi connectivity index (χ4n) is 5.65. The normalized spacial score (nSPS) is 37.2. The second-order valence-corrected chi connectivity index (χ2v) is 8.21. The Morgan fingerprint density at radius 1 is 1.09 bits per heavy atom. The lowest BCUT2D eigenvalue weighted by Gasteiger charge is -2.58. The van der Waals surface area contributed by atoms with Gasteiger partial charge in [0.25, 0.3) is 0 Å². The van der Waals surface area contributed by atoms with Gasteiger partial charge in [-0.15, -0.1) is 0 Å². The third kappa shape index (κ3) is 2.61. The molecule has 1 aromatic rings. The van der Waals surface area contributed by atoms with Gasteiger partial charge in [0.2, 0.25) is 0 Å². The Kier molecular flexibility index (Phi) is 3.78. The van der Waals surface area contributed by atoms with Crippen LogP contribution in [-0.4, -0.2) is 12.4 Å². The predicted octanol–water partition coefficient (Wildman–Crippen LogP) is 4.64. The highest BCUT2D eigenvalue weighted by molar-refractivity contribution is 6.30. The van der Waals surface area contributed by atoms with Gasteiger partial charge in [0.15, 0.2) is 0 Å². The molecule has 5 rings (SSSR count). The molecule has 4 fully saturated rings. The fourth-order valence-corrected chi connectivity index (χ4v) is 5.78. The van der Waals surface area contributed by atoms with Crippen LogP contribution in [-0.2, 0) is 16.1 Å². The van der Waals surface area contributed by atoms with E-state index in [0.29, 0.717) is 6.61 Å². The van der Waals surface area contributed by atoms with Gasteiger partial charge >= 0.3 is 0 Å². The van der Waals surface area contributed by atoms with E-state index < -0.39 is 0 Å². The van der Waals surface area contributed by atoms with E-state index in [2.05, 4.69) is 0 Å². The lowest BCUT2D eigenvalue weighted by molar-refractivity contribution is -0.156. The average Bonchev–Trinajstić information content (AvgIpc) is 2.48. The molecular formula is C19H23ClO2. The highest BCUT2D eigenvalue weighted by Crippen LogP contribution is 2.61. The summed E-state index contributed by atoms with van der Waals surface area (Å²) in [6, 6.07) is 7.70. The first-order valence-corrected chi connectivity index (χ1v) is 8.86. The maximum atomic E-state index is 11.7. The van der Waals surface area contributed by atoms with E-state index in [1.807, 2.05) is 24.3 Å². The van der Waals surface area contributed by atoms with Gasteiger partial charge in [-0.3, -0.25) is 0 Å². The van der Waals surface area contributed by atoms with E-state index >= 15 is 0 Å². The van der Waals surface area contributed by atoms with Crippen molar-refractivity contribution in [1.82, 2.24) is 0 Å². The summed E-state index contributed by atoms with van der Waals surface area (Å²) in [5.74, 6) is 2.52.